The van der Waals surface area contributed by atoms with E-state index in [9.17, 15) is 9.59 Å². The van der Waals surface area contributed by atoms with Crippen LogP contribution >= 0.6 is 11.3 Å². The molecule has 0 bridgehead atoms. The van der Waals surface area contributed by atoms with Crippen LogP contribution in [0, 0.1) is 0 Å². The lowest BCUT2D eigenvalue weighted by Gasteiger charge is -2.19. The first-order chi connectivity index (χ1) is 17.0. The monoisotopic (exact) mass is 481 g/mol. The molecule has 2 heterocycles. The molecule has 0 saturated carbocycles. The van der Waals surface area contributed by atoms with Gasteiger partial charge in [-0.3, -0.25) is 14.2 Å². The second-order valence-corrected chi connectivity index (χ2v) is 9.53. The number of rotatable bonds is 6. The Balaban J connectivity index is 1.53. The molecule has 35 heavy (non-hydrogen) atoms. The molecule has 6 heteroatoms. The Hall–Kier alpha value is -3.77. The van der Waals surface area contributed by atoms with E-state index in [1.54, 1.807) is 6.92 Å². The number of amides is 1. The average Bonchev–Trinajstić information content (AvgIpc) is 3.33. The highest BCUT2D eigenvalue weighted by Crippen LogP contribution is 2.33. The zero-order valence-corrected chi connectivity index (χ0v) is 20.9. The van der Waals surface area contributed by atoms with Gasteiger partial charge >= 0.3 is 0 Å². The van der Waals surface area contributed by atoms with E-state index in [0.717, 1.165) is 51.6 Å². The lowest BCUT2D eigenvalue weighted by atomic mass is 10.0. The first-order valence-corrected chi connectivity index (χ1v) is 12.8. The van der Waals surface area contributed by atoms with Crippen LogP contribution in [-0.4, -0.2) is 15.5 Å². The minimum Gasteiger partial charge on any atom is -0.324 e. The second kappa shape index (κ2) is 9.47. The molecule has 1 N–H and O–H groups in total. The van der Waals surface area contributed by atoms with Crippen molar-refractivity contribution < 1.29 is 4.79 Å². The molecule has 2 aromatic heterocycles. The van der Waals surface area contributed by atoms with Crippen molar-refractivity contribution >= 4 is 43.9 Å². The standard InChI is InChI=1S/C29H27N3O2S/c1-4-19-11-8-12-20(5-2)26(19)31-27(33)18(3)32-17-30-28-25(29(32)34)24(16-35-28)23-14-13-21-9-6-7-10-22(21)15-23/h6-18H,4-5H2,1-3H3,(H,31,33). The van der Waals surface area contributed by atoms with Crippen molar-refractivity contribution in [1.82, 2.24) is 9.55 Å². The Kier molecular flexibility index (Phi) is 6.22. The maximum absolute atomic E-state index is 13.6. The number of benzene rings is 3. The van der Waals surface area contributed by atoms with Gasteiger partial charge in [0.25, 0.3) is 5.56 Å². The molecule has 5 rings (SSSR count). The van der Waals surface area contributed by atoms with Gasteiger partial charge in [0.2, 0.25) is 5.91 Å². The third-order valence-corrected chi connectivity index (χ3v) is 7.51. The van der Waals surface area contributed by atoms with Crippen LogP contribution in [0.5, 0.6) is 0 Å². The van der Waals surface area contributed by atoms with E-state index in [0.29, 0.717) is 10.2 Å². The van der Waals surface area contributed by atoms with Crippen molar-refractivity contribution in [2.45, 2.75) is 39.7 Å². The minimum atomic E-state index is -0.710. The number of nitrogens with one attached hydrogen (secondary N) is 1. The maximum atomic E-state index is 13.6. The predicted molar refractivity (Wildman–Crippen MR) is 145 cm³/mol. The first kappa shape index (κ1) is 23.0. The molecule has 1 atom stereocenters. The van der Waals surface area contributed by atoms with Crippen molar-refractivity contribution in [3.8, 4) is 11.1 Å². The van der Waals surface area contributed by atoms with Gasteiger partial charge < -0.3 is 5.32 Å². The van der Waals surface area contributed by atoms with E-state index in [2.05, 4.69) is 48.4 Å². The Morgan fingerprint density at radius 2 is 1.71 bits per heavy atom. The van der Waals surface area contributed by atoms with Crippen LogP contribution in [0.1, 0.15) is 37.9 Å². The number of thiophene rings is 1. The SMILES string of the molecule is CCc1cccc(CC)c1NC(=O)C(C)n1cnc2scc(-c3ccc4ccccc4c3)c2c1=O. The number of hydrogen-bond acceptors (Lipinski definition) is 4. The molecule has 0 spiro atoms. The summed E-state index contributed by atoms with van der Waals surface area (Å²) in [6.07, 6.45) is 3.12. The minimum absolute atomic E-state index is 0.207. The molecule has 3 aromatic carbocycles. The lowest BCUT2D eigenvalue weighted by molar-refractivity contribution is -0.118. The van der Waals surface area contributed by atoms with Gasteiger partial charge in [0.05, 0.1) is 11.7 Å². The van der Waals surface area contributed by atoms with Crippen LogP contribution in [0.25, 0.3) is 32.1 Å². The average molecular weight is 482 g/mol. The highest BCUT2D eigenvalue weighted by molar-refractivity contribution is 7.17. The molecule has 5 nitrogen and oxygen atoms in total. The van der Waals surface area contributed by atoms with Crippen LogP contribution in [0.4, 0.5) is 5.69 Å². The molecule has 0 fully saturated rings. The van der Waals surface area contributed by atoms with E-state index in [1.165, 1.54) is 22.2 Å². The molecule has 0 aliphatic rings. The molecule has 1 amide bonds. The van der Waals surface area contributed by atoms with Crippen molar-refractivity contribution in [1.29, 1.82) is 0 Å². The van der Waals surface area contributed by atoms with Crippen LogP contribution in [0.2, 0.25) is 0 Å². The largest absolute Gasteiger partial charge is 0.324 e. The van der Waals surface area contributed by atoms with E-state index in [4.69, 9.17) is 0 Å². The Bertz CT molecular complexity index is 1590. The molecule has 0 radical (unpaired) electrons. The number of anilines is 1. The number of para-hydroxylation sites is 1. The summed E-state index contributed by atoms with van der Waals surface area (Å²) in [4.78, 5) is 32.1. The zero-order valence-electron chi connectivity index (χ0n) is 20.0. The highest BCUT2D eigenvalue weighted by atomic mass is 32.1. The number of aromatic nitrogens is 2. The van der Waals surface area contributed by atoms with E-state index in [-0.39, 0.29) is 11.5 Å². The molecule has 176 valence electrons. The second-order valence-electron chi connectivity index (χ2n) is 8.67. The fourth-order valence-electron chi connectivity index (χ4n) is 4.55. The molecule has 0 aliphatic carbocycles. The summed E-state index contributed by atoms with van der Waals surface area (Å²) in [6, 6.07) is 19.7. The summed E-state index contributed by atoms with van der Waals surface area (Å²) in [5.41, 5.74) is 4.63. The van der Waals surface area contributed by atoms with E-state index in [1.807, 2.05) is 41.8 Å². The Labute approximate surface area is 208 Å². The first-order valence-electron chi connectivity index (χ1n) is 11.9. The number of carbonyl (C=O) groups excluding carboxylic acids is 1. The predicted octanol–water partition coefficient (Wildman–Crippen LogP) is 6.60. The lowest BCUT2D eigenvalue weighted by Crippen LogP contribution is -2.32. The summed E-state index contributed by atoms with van der Waals surface area (Å²) >= 11 is 1.44. The Morgan fingerprint density at radius 1 is 1.00 bits per heavy atom. The van der Waals surface area contributed by atoms with Gasteiger partial charge in [0, 0.05) is 16.6 Å². The molecule has 5 aromatic rings. The summed E-state index contributed by atoms with van der Waals surface area (Å²) in [5, 5.41) is 7.88. The smallest absolute Gasteiger partial charge is 0.263 e. The van der Waals surface area contributed by atoms with E-state index >= 15 is 0 Å². The van der Waals surface area contributed by atoms with Gasteiger partial charge in [-0.25, -0.2) is 4.98 Å². The number of carbonyl (C=O) groups is 1. The van der Waals surface area contributed by atoms with Crippen LogP contribution < -0.4 is 10.9 Å². The Morgan fingerprint density at radius 3 is 2.43 bits per heavy atom. The molecular weight excluding hydrogens is 454 g/mol. The quantitative estimate of drug-likeness (QED) is 0.297. The number of fused-ring (bicyclic) bond motifs is 2. The van der Waals surface area contributed by atoms with Crippen molar-refractivity contribution in [2.75, 3.05) is 5.32 Å². The van der Waals surface area contributed by atoms with Crippen molar-refractivity contribution in [3.05, 3.63) is 93.9 Å². The molecule has 0 saturated heterocycles. The third-order valence-electron chi connectivity index (χ3n) is 6.62. The van der Waals surface area contributed by atoms with Crippen molar-refractivity contribution in [3.63, 3.8) is 0 Å². The fourth-order valence-corrected chi connectivity index (χ4v) is 5.45. The summed E-state index contributed by atoms with van der Waals surface area (Å²) < 4.78 is 1.44. The van der Waals surface area contributed by atoms with Gasteiger partial charge in [0.1, 0.15) is 10.9 Å². The zero-order chi connectivity index (χ0) is 24.5. The van der Waals surface area contributed by atoms with Crippen LogP contribution in [-0.2, 0) is 17.6 Å². The van der Waals surface area contributed by atoms with E-state index < -0.39 is 6.04 Å². The van der Waals surface area contributed by atoms with Gasteiger partial charge in [-0.2, -0.15) is 0 Å². The van der Waals surface area contributed by atoms with Gasteiger partial charge in [-0.05, 0) is 53.3 Å². The molecule has 0 aliphatic heterocycles. The summed E-state index contributed by atoms with van der Waals surface area (Å²) in [5.74, 6) is -0.230. The fraction of sp³-hybridized carbons (Fsp3) is 0.207. The maximum Gasteiger partial charge on any atom is 0.263 e. The number of nitrogens with zero attached hydrogens (tertiary/aromatic N) is 2. The van der Waals surface area contributed by atoms with Gasteiger partial charge in [0.15, 0.2) is 0 Å². The number of aryl methyl sites for hydroxylation is 2. The van der Waals surface area contributed by atoms with Gasteiger partial charge in [-0.15, -0.1) is 11.3 Å². The van der Waals surface area contributed by atoms with Crippen LogP contribution in [0.3, 0.4) is 0 Å². The van der Waals surface area contributed by atoms with Crippen LogP contribution in [0.15, 0.2) is 77.2 Å². The summed E-state index contributed by atoms with van der Waals surface area (Å²) in [6.45, 7) is 5.88. The highest BCUT2D eigenvalue weighted by Gasteiger charge is 2.22. The van der Waals surface area contributed by atoms with Gasteiger partial charge in [-0.1, -0.05) is 68.4 Å². The normalized spacial score (nSPS) is 12.2. The molecule has 1 unspecified atom stereocenters. The summed E-state index contributed by atoms with van der Waals surface area (Å²) in [7, 11) is 0. The third kappa shape index (κ3) is 4.15. The topological polar surface area (TPSA) is 64.0 Å². The number of hydrogen-bond donors (Lipinski definition) is 1. The van der Waals surface area contributed by atoms with Crippen molar-refractivity contribution in [2.24, 2.45) is 0 Å². The molecular formula is C29H27N3O2S.